The van der Waals surface area contributed by atoms with E-state index in [4.69, 9.17) is 11.6 Å². The summed E-state index contributed by atoms with van der Waals surface area (Å²) in [5.74, 6) is -1.50. The maximum atomic E-state index is 12.5. The third-order valence-corrected chi connectivity index (χ3v) is 2.37. The highest BCUT2D eigenvalue weighted by Crippen LogP contribution is 2.36. The first-order chi connectivity index (χ1) is 9.04. The van der Waals surface area contributed by atoms with E-state index < -0.39 is 47.5 Å². The Bertz CT molecular complexity index is 462. The van der Waals surface area contributed by atoms with E-state index in [2.05, 4.69) is 4.74 Å². The van der Waals surface area contributed by atoms with Crippen molar-refractivity contribution < 1.29 is 35.9 Å². The number of halogens is 7. The Hall–Kier alpha value is -1.44. The van der Waals surface area contributed by atoms with E-state index in [-0.39, 0.29) is 6.07 Å². The van der Waals surface area contributed by atoms with Crippen LogP contribution in [0, 0.1) is 0 Å². The molecule has 0 aliphatic carbocycles. The third kappa shape index (κ3) is 4.59. The topological polar surface area (TPSA) is 26.3 Å². The fraction of sp³-hybridized carbons (Fsp3) is 0.364. The van der Waals surface area contributed by atoms with Crippen LogP contribution in [-0.2, 0) is 28.5 Å². The second-order valence-electron chi connectivity index (χ2n) is 3.71. The van der Waals surface area contributed by atoms with Gasteiger partial charge in [0, 0.05) is 0 Å². The summed E-state index contributed by atoms with van der Waals surface area (Å²) in [6, 6.07) is 0.959. The number of hydrogen-bond acceptors (Lipinski definition) is 2. The Balaban J connectivity index is 3.14. The van der Waals surface area contributed by atoms with Gasteiger partial charge in [-0.05, 0) is 23.8 Å². The van der Waals surface area contributed by atoms with Crippen LogP contribution in [0.15, 0.2) is 18.2 Å². The summed E-state index contributed by atoms with van der Waals surface area (Å²) in [6.45, 7) is -0.724. The van der Waals surface area contributed by atoms with Crippen molar-refractivity contribution in [3.05, 3.63) is 34.9 Å². The van der Waals surface area contributed by atoms with Gasteiger partial charge in [0.25, 0.3) is 0 Å². The van der Waals surface area contributed by atoms with Gasteiger partial charge in [0.15, 0.2) is 0 Å². The van der Waals surface area contributed by atoms with Crippen LogP contribution in [0.3, 0.4) is 0 Å². The summed E-state index contributed by atoms with van der Waals surface area (Å²) in [5, 5.41) is 0. The lowest BCUT2D eigenvalue weighted by Gasteiger charge is -2.14. The summed E-state index contributed by atoms with van der Waals surface area (Å²) < 4.78 is 79.4. The monoisotopic (exact) mass is 320 g/mol. The van der Waals surface area contributed by atoms with Gasteiger partial charge in [-0.3, -0.25) is 4.79 Å². The molecular weight excluding hydrogens is 314 g/mol. The quantitative estimate of drug-likeness (QED) is 0.478. The van der Waals surface area contributed by atoms with Gasteiger partial charge in [0.1, 0.15) is 12.5 Å². The largest absolute Gasteiger partial charge is 0.460 e. The van der Waals surface area contributed by atoms with Crippen LogP contribution in [-0.4, -0.2) is 11.8 Å². The van der Waals surface area contributed by atoms with Gasteiger partial charge in [-0.2, -0.15) is 26.3 Å². The molecule has 0 fully saturated rings. The second-order valence-corrected chi connectivity index (χ2v) is 3.98. The molecule has 1 aromatic carbocycles. The lowest BCUT2D eigenvalue weighted by molar-refractivity contribution is -0.143. The van der Waals surface area contributed by atoms with Gasteiger partial charge in [0.05, 0.1) is 11.1 Å². The minimum absolute atomic E-state index is 0.00707. The standard InChI is InChI=1S/C11H7ClF6O2/c12-4-9(19)20-5-6-1-7(10(13,14)15)3-8(2-6)11(16,17)18/h1-3H,4-5H2. The Kier molecular flexibility index (Phi) is 4.90. The number of alkyl halides is 7. The average molecular weight is 321 g/mol. The molecule has 0 aromatic heterocycles. The highest BCUT2D eigenvalue weighted by molar-refractivity contribution is 6.26. The molecule has 1 rings (SSSR count). The summed E-state index contributed by atoms with van der Waals surface area (Å²) in [4.78, 5) is 10.8. The zero-order chi connectivity index (χ0) is 15.6. The average Bonchev–Trinajstić information content (AvgIpc) is 2.33. The van der Waals surface area contributed by atoms with E-state index in [1.807, 2.05) is 0 Å². The van der Waals surface area contributed by atoms with Crippen molar-refractivity contribution in [3.8, 4) is 0 Å². The van der Waals surface area contributed by atoms with E-state index in [0.29, 0.717) is 12.1 Å². The molecule has 20 heavy (non-hydrogen) atoms. The molecule has 0 bridgehead atoms. The van der Waals surface area contributed by atoms with Crippen molar-refractivity contribution in [2.75, 3.05) is 5.88 Å². The molecule has 9 heteroatoms. The predicted molar refractivity (Wildman–Crippen MR) is 57.0 cm³/mol. The normalized spacial score (nSPS) is 12.3. The molecular formula is C11H7ClF6O2. The highest BCUT2D eigenvalue weighted by Gasteiger charge is 2.36. The molecule has 0 atom stereocenters. The molecule has 0 spiro atoms. The molecule has 0 saturated carbocycles. The number of esters is 1. The molecule has 0 radical (unpaired) electrons. The number of benzene rings is 1. The van der Waals surface area contributed by atoms with Gasteiger partial charge in [-0.15, -0.1) is 11.6 Å². The van der Waals surface area contributed by atoms with Crippen molar-refractivity contribution in [2.45, 2.75) is 19.0 Å². The first-order valence-corrected chi connectivity index (χ1v) is 5.57. The van der Waals surface area contributed by atoms with Gasteiger partial charge in [-0.25, -0.2) is 0 Å². The number of carbonyl (C=O) groups is 1. The lowest BCUT2D eigenvalue weighted by Crippen LogP contribution is -2.13. The first kappa shape index (κ1) is 16.6. The van der Waals surface area contributed by atoms with Crippen LogP contribution in [0.2, 0.25) is 0 Å². The molecule has 0 saturated heterocycles. The Morgan fingerprint density at radius 3 is 1.80 bits per heavy atom. The maximum absolute atomic E-state index is 12.5. The van der Waals surface area contributed by atoms with Crippen molar-refractivity contribution in [1.82, 2.24) is 0 Å². The van der Waals surface area contributed by atoms with E-state index >= 15 is 0 Å². The van der Waals surface area contributed by atoms with Crippen LogP contribution in [0.5, 0.6) is 0 Å². The summed E-state index contributed by atoms with van der Waals surface area (Å²) in [7, 11) is 0. The highest BCUT2D eigenvalue weighted by atomic mass is 35.5. The van der Waals surface area contributed by atoms with Crippen LogP contribution >= 0.6 is 11.6 Å². The Morgan fingerprint density at radius 1 is 1.00 bits per heavy atom. The van der Waals surface area contributed by atoms with Gasteiger partial charge < -0.3 is 4.74 Å². The van der Waals surface area contributed by atoms with Gasteiger partial charge in [0.2, 0.25) is 0 Å². The predicted octanol–water partition coefficient (Wildman–Crippen LogP) is 4.01. The molecule has 2 nitrogen and oxygen atoms in total. The van der Waals surface area contributed by atoms with Crippen LogP contribution in [0.25, 0.3) is 0 Å². The molecule has 0 heterocycles. The third-order valence-electron chi connectivity index (χ3n) is 2.16. The molecule has 0 aliphatic heterocycles. The van der Waals surface area contributed by atoms with Gasteiger partial charge in [-0.1, -0.05) is 0 Å². The molecule has 0 aliphatic rings. The van der Waals surface area contributed by atoms with Crippen molar-refractivity contribution in [2.24, 2.45) is 0 Å². The Labute approximate surface area is 114 Å². The molecule has 0 N–H and O–H groups in total. The van der Waals surface area contributed by atoms with Crippen molar-refractivity contribution >= 4 is 17.6 Å². The first-order valence-electron chi connectivity index (χ1n) is 5.04. The number of hydrogen-bond donors (Lipinski definition) is 0. The number of carbonyl (C=O) groups excluding carboxylic acids is 1. The van der Waals surface area contributed by atoms with Crippen molar-refractivity contribution in [1.29, 1.82) is 0 Å². The SMILES string of the molecule is O=C(CCl)OCc1cc(C(F)(F)F)cc(C(F)(F)F)c1. The van der Waals surface area contributed by atoms with Crippen LogP contribution in [0.4, 0.5) is 26.3 Å². The lowest BCUT2D eigenvalue weighted by atomic mass is 10.1. The smallest absolute Gasteiger partial charge is 0.416 e. The van der Waals surface area contributed by atoms with Gasteiger partial charge >= 0.3 is 18.3 Å². The maximum Gasteiger partial charge on any atom is 0.416 e. The Morgan fingerprint density at radius 2 is 1.45 bits per heavy atom. The number of ether oxygens (including phenoxy) is 1. The fourth-order valence-corrected chi connectivity index (χ4v) is 1.38. The molecule has 0 unspecified atom stereocenters. The minimum Gasteiger partial charge on any atom is -0.460 e. The minimum atomic E-state index is -4.94. The van der Waals surface area contributed by atoms with E-state index in [1.165, 1.54) is 0 Å². The molecule has 112 valence electrons. The second kappa shape index (κ2) is 5.90. The zero-order valence-electron chi connectivity index (χ0n) is 9.61. The zero-order valence-corrected chi connectivity index (χ0v) is 10.4. The van der Waals surface area contributed by atoms with E-state index in [0.717, 1.165) is 0 Å². The molecule has 0 amide bonds. The summed E-state index contributed by atoms with van der Waals surface area (Å²) in [6.07, 6.45) is -9.88. The fourth-order valence-electron chi connectivity index (χ4n) is 1.31. The van der Waals surface area contributed by atoms with Crippen LogP contribution in [0.1, 0.15) is 16.7 Å². The van der Waals surface area contributed by atoms with Crippen LogP contribution < -0.4 is 0 Å². The summed E-state index contributed by atoms with van der Waals surface area (Å²) in [5.41, 5.74) is -3.36. The van der Waals surface area contributed by atoms with Crippen molar-refractivity contribution in [3.63, 3.8) is 0 Å². The van der Waals surface area contributed by atoms with E-state index in [9.17, 15) is 31.1 Å². The van der Waals surface area contributed by atoms with E-state index in [1.54, 1.807) is 0 Å². The molecule has 1 aromatic rings. The number of rotatable bonds is 3. The summed E-state index contributed by atoms with van der Waals surface area (Å²) >= 11 is 5.09.